The number of rotatable bonds is 3. The topological polar surface area (TPSA) is 0 Å². The van der Waals surface area contributed by atoms with Gasteiger partial charge in [-0.3, -0.25) is 0 Å². The number of hydrogen-bond donors (Lipinski definition) is 0. The van der Waals surface area contributed by atoms with Gasteiger partial charge in [0, 0.05) is 5.38 Å². The molecule has 7 atom stereocenters. The fraction of sp³-hybridized carbons (Fsp3) is 1.00. The Kier molecular flexibility index (Phi) is 6.55. The highest BCUT2D eigenvalue weighted by Gasteiger charge is 2.48. The quantitative estimate of drug-likeness (QED) is 0.383. The third-order valence-corrected chi connectivity index (χ3v) is 7.36. The summed E-state index contributed by atoms with van der Waals surface area (Å²) in [5, 5.41) is 0.179. The van der Waals surface area contributed by atoms with Crippen molar-refractivity contribution in [1.29, 1.82) is 0 Å². The smallest absolute Gasteiger partial charge is 0.247 e. The first-order chi connectivity index (χ1) is 11.9. The summed E-state index contributed by atoms with van der Waals surface area (Å²) in [5.74, 6) is -1.93. The van der Waals surface area contributed by atoms with Crippen LogP contribution in [0.5, 0.6) is 0 Å². The average molecular weight is 387 g/mol. The maximum atomic E-state index is 14.8. The molecule has 0 nitrogen and oxygen atoms in total. The van der Waals surface area contributed by atoms with E-state index in [1.165, 1.54) is 0 Å². The van der Waals surface area contributed by atoms with Crippen LogP contribution in [-0.4, -0.2) is 30.3 Å². The molecule has 0 radical (unpaired) electrons. The average Bonchev–Trinajstić information content (AvgIpc) is 2.53. The molecule has 0 spiro atoms. The second-order valence-electron chi connectivity index (χ2n) is 8.45. The van der Waals surface area contributed by atoms with Crippen LogP contribution in [0.25, 0.3) is 0 Å². The lowest BCUT2D eigenvalue weighted by Gasteiger charge is -2.44. The zero-order chi connectivity index (χ0) is 18.1. The molecular formula is C19H28ClF5. The van der Waals surface area contributed by atoms with Crippen molar-refractivity contribution in [2.75, 3.05) is 0 Å². The molecule has 3 fully saturated rings. The number of alkyl halides is 6. The first-order valence-electron chi connectivity index (χ1n) is 9.71. The van der Waals surface area contributed by atoms with Gasteiger partial charge in [-0.15, -0.1) is 11.6 Å². The van der Waals surface area contributed by atoms with E-state index < -0.39 is 36.8 Å². The first kappa shape index (κ1) is 19.7. The molecular weight excluding hydrogens is 359 g/mol. The molecule has 3 aliphatic carbocycles. The number of halogens is 6. The molecule has 0 aromatic carbocycles. The van der Waals surface area contributed by atoms with Crippen molar-refractivity contribution < 1.29 is 22.0 Å². The second-order valence-corrected chi connectivity index (χ2v) is 9.07. The van der Waals surface area contributed by atoms with Crippen LogP contribution < -0.4 is 0 Å². The fourth-order valence-corrected chi connectivity index (χ4v) is 5.99. The Bertz CT molecular complexity index is 422. The lowest BCUT2D eigenvalue weighted by molar-refractivity contribution is -0.0728. The molecule has 0 N–H and O–H groups in total. The van der Waals surface area contributed by atoms with Crippen LogP contribution in [-0.2, 0) is 0 Å². The van der Waals surface area contributed by atoms with Gasteiger partial charge in [0.15, 0.2) is 0 Å². The molecule has 0 saturated heterocycles. The van der Waals surface area contributed by atoms with E-state index in [1.54, 1.807) is 0 Å². The minimum Gasteiger partial charge on any atom is -0.247 e. The van der Waals surface area contributed by atoms with Gasteiger partial charge in [0.2, 0.25) is 6.43 Å². The summed E-state index contributed by atoms with van der Waals surface area (Å²) in [4.78, 5) is 0. The molecule has 0 aromatic rings. The zero-order valence-electron chi connectivity index (χ0n) is 14.4. The van der Waals surface area contributed by atoms with Crippen LogP contribution in [0.2, 0.25) is 0 Å². The van der Waals surface area contributed by atoms with Gasteiger partial charge in [0.1, 0.15) is 18.5 Å². The molecule has 25 heavy (non-hydrogen) atoms. The fourth-order valence-electron chi connectivity index (χ4n) is 5.60. The summed E-state index contributed by atoms with van der Waals surface area (Å²) in [6.45, 7) is 0. The summed E-state index contributed by atoms with van der Waals surface area (Å²) in [7, 11) is 0. The molecule has 7 unspecified atom stereocenters. The van der Waals surface area contributed by atoms with E-state index in [0.717, 1.165) is 32.1 Å². The molecule has 6 heteroatoms. The lowest BCUT2D eigenvalue weighted by Crippen LogP contribution is -2.44. The van der Waals surface area contributed by atoms with Gasteiger partial charge in [-0.2, -0.15) is 0 Å². The second kappa shape index (κ2) is 8.31. The molecule has 146 valence electrons. The summed E-state index contributed by atoms with van der Waals surface area (Å²) >= 11 is 6.25. The molecule has 0 amide bonds. The van der Waals surface area contributed by atoms with E-state index in [1.807, 2.05) is 0 Å². The Balaban J connectivity index is 1.56. The minimum absolute atomic E-state index is 0.127. The first-order valence-corrected chi connectivity index (χ1v) is 10.1. The van der Waals surface area contributed by atoms with Crippen molar-refractivity contribution in [3.8, 4) is 0 Å². The summed E-state index contributed by atoms with van der Waals surface area (Å²) in [6, 6.07) is 0. The highest BCUT2D eigenvalue weighted by molar-refractivity contribution is 6.20. The van der Waals surface area contributed by atoms with Crippen molar-refractivity contribution in [2.45, 2.75) is 88.1 Å². The van der Waals surface area contributed by atoms with Crippen molar-refractivity contribution in [3.05, 3.63) is 0 Å². The lowest BCUT2D eigenvalue weighted by atomic mass is 9.64. The highest BCUT2D eigenvalue weighted by Crippen LogP contribution is 2.48. The van der Waals surface area contributed by atoms with Crippen LogP contribution in [0.3, 0.4) is 0 Å². The maximum Gasteiger partial charge on any atom is 0.247 e. The zero-order valence-corrected chi connectivity index (χ0v) is 15.2. The predicted molar refractivity (Wildman–Crippen MR) is 89.3 cm³/mol. The Labute approximate surface area is 151 Å². The van der Waals surface area contributed by atoms with Crippen molar-refractivity contribution in [1.82, 2.24) is 0 Å². The molecule has 0 bridgehead atoms. The molecule has 3 saturated carbocycles. The van der Waals surface area contributed by atoms with Crippen LogP contribution in [0.1, 0.15) is 57.8 Å². The van der Waals surface area contributed by atoms with Crippen LogP contribution in [0.4, 0.5) is 22.0 Å². The summed E-state index contributed by atoms with van der Waals surface area (Å²) in [5.41, 5.74) is 0. The van der Waals surface area contributed by atoms with Gasteiger partial charge in [-0.05, 0) is 68.6 Å². The van der Waals surface area contributed by atoms with Crippen LogP contribution in [0, 0.1) is 29.6 Å². The van der Waals surface area contributed by atoms with Gasteiger partial charge in [-0.25, -0.2) is 22.0 Å². The summed E-state index contributed by atoms with van der Waals surface area (Å²) in [6.07, 6.45) is -2.02. The van der Waals surface area contributed by atoms with E-state index in [-0.39, 0.29) is 24.1 Å². The van der Waals surface area contributed by atoms with Crippen LogP contribution >= 0.6 is 11.6 Å². The Hall–Kier alpha value is -0.0600. The molecule has 0 heterocycles. The van der Waals surface area contributed by atoms with Gasteiger partial charge < -0.3 is 0 Å². The third-order valence-electron chi connectivity index (χ3n) is 6.97. The molecule has 3 aliphatic rings. The van der Waals surface area contributed by atoms with Crippen molar-refractivity contribution in [2.24, 2.45) is 29.6 Å². The van der Waals surface area contributed by atoms with Crippen molar-refractivity contribution >= 4 is 11.6 Å². The Morgan fingerprint density at radius 2 is 1.28 bits per heavy atom. The highest BCUT2D eigenvalue weighted by atomic mass is 35.5. The largest absolute Gasteiger partial charge is 0.247 e. The maximum absolute atomic E-state index is 14.8. The van der Waals surface area contributed by atoms with Gasteiger partial charge in [0.05, 0.1) is 5.92 Å². The monoisotopic (exact) mass is 386 g/mol. The SMILES string of the molecule is FC(F)C1C(F)CC(C2CCC(C3CCCC(Cl)C3)CC2F)CC1F. The molecule has 3 rings (SSSR count). The molecule has 0 aliphatic heterocycles. The van der Waals surface area contributed by atoms with Gasteiger partial charge in [-0.1, -0.05) is 12.8 Å². The molecule has 0 aromatic heterocycles. The normalized spacial score (nSPS) is 49.3. The minimum atomic E-state index is -2.99. The standard InChI is InChI=1S/C19H28ClF5/c20-13-3-1-2-10(6-13)11-4-5-14(15(21)7-11)12-8-16(22)18(19(24)25)17(23)9-12/h10-19H,1-9H2. The number of hydrogen-bond acceptors (Lipinski definition) is 0. The summed E-state index contributed by atoms with van der Waals surface area (Å²) < 4.78 is 68.5. The van der Waals surface area contributed by atoms with E-state index >= 15 is 0 Å². The van der Waals surface area contributed by atoms with E-state index in [0.29, 0.717) is 24.7 Å². The third kappa shape index (κ3) is 4.44. The van der Waals surface area contributed by atoms with E-state index in [9.17, 15) is 22.0 Å². The van der Waals surface area contributed by atoms with Crippen LogP contribution in [0.15, 0.2) is 0 Å². The van der Waals surface area contributed by atoms with Gasteiger partial charge in [0.25, 0.3) is 0 Å². The van der Waals surface area contributed by atoms with E-state index in [2.05, 4.69) is 0 Å². The van der Waals surface area contributed by atoms with Crippen molar-refractivity contribution in [3.63, 3.8) is 0 Å². The van der Waals surface area contributed by atoms with Gasteiger partial charge >= 0.3 is 0 Å². The Morgan fingerprint density at radius 3 is 1.84 bits per heavy atom. The predicted octanol–water partition coefficient (Wildman–Crippen LogP) is 6.51. The Morgan fingerprint density at radius 1 is 0.680 bits per heavy atom. The van der Waals surface area contributed by atoms with E-state index in [4.69, 9.17) is 11.6 Å².